The molecule has 5 heteroatoms. The molecule has 3 rings (SSSR count). The van der Waals surface area contributed by atoms with Crippen LogP contribution in [0, 0.1) is 11.7 Å². The first-order valence-electron chi connectivity index (χ1n) is 9.25. The fourth-order valence-corrected chi connectivity index (χ4v) is 4.42. The molecule has 138 valence electrons. The average Bonchev–Trinajstić information content (AvgIpc) is 3.12. The Morgan fingerprint density at radius 2 is 2.00 bits per heavy atom. The lowest BCUT2D eigenvalue weighted by molar-refractivity contribution is 0.0740. The van der Waals surface area contributed by atoms with Crippen LogP contribution in [-0.4, -0.2) is 28.9 Å². The van der Waals surface area contributed by atoms with Crippen molar-refractivity contribution in [2.45, 2.75) is 38.5 Å². The first-order chi connectivity index (χ1) is 12.7. The topological polar surface area (TPSA) is 33.2 Å². The number of hydrogen-bond donors (Lipinski definition) is 0. The minimum atomic E-state index is -0.244. The van der Waals surface area contributed by atoms with Crippen LogP contribution < -0.4 is 0 Å². The monoisotopic (exact) mass is 372 g/mol. The molecule has 0 spiro atoms. The molecule has 2 aromatic rings. The standard InChI is InChI=1S/C21H25FN2OS/c1-2-12-24(15-17-6-4-3-5-7-17)21(25)19-14-23-20(26-19)13-16-8-10-18(22)11-9-16/h2,8-11,14,17H,1,3-7,12-13,15H2. The van der Waals surface area contributed by atoms with Gasteiger partial charge in [0.05, 0.1) is 11.2 Å². The summed E-state index contributed by atoms with van der Waals surface area (Å²) in [7, 11) is 0. The summed E-state index contributed by atoms with van der Waals surface area (Å²) in [5, 5.41) is 0.871. The highest BCUT2D eigenvalue weighted by molar-refractivity contribution is 7.13. The molecule has 1 fully saturated rings. The summed E-state index contributed by atoms with van der Waals surface area (Å²) < 4.78 is 13.0. The van der Waals surface area contributed by atoms with Crippen molar-refractivity contribution < 1.29 is 9.18 Å². The van der Waals surface area contributed by atoms with Crippen LogP contribution in [-0.2, 0) is 6.42 Å². The summed E-state index contributed by atoms with van der Waals surface area (Å²) in [6.45, 7) is 5.17. The molecule has 0 atom stereocenters. The average molecular weight is 373 g/mol. The zero-order chi connectivity index (χ0) is 18.4. The minimum absolute atomic E-state index is 0.0401. The molecule has 0 aliphatic heterocycles. The molecule has 0 bridgehead atoms. The second-order valence-corrected chi connectivity index (χ2v) is 8.04. The Morgan fingerprint density at radius 3 is 2.69 bits per heavy atom. The minimum Gasteiger partial charge on any atom is -0.334 e. The Bertz CT molecular complexity index is 735. The lowest BCUT2D eigenvalue weighted by Crippen LogP contribution is -2.35. The van der Waals surface area contributed by atoms with E-state index >= 15 is 0 Å². The van der Waals surface area contributed by atoms with Gasteiger partial charge in [0.1, 0.15) is 10.7 Å². The third-order valence-electron chi connectivity index (χ3n) is 4.87. The van der Waals surface area contributed by atoms with Crippen LogP contribution in [0.25, 0.3) is 0 Å². The number of nitrogens with zero attached hydrogens (tertiary/aromatic N) is 2. The SMILES string of the molecule is C=CCN(CC1CCCCC1)C(=O)c1cnc(Cc2ccc(F)cc2)s1. The zero-order valence-electron chi connectivity index (χ0n) is 15.0. The molecular formula is C21H25FN2OS. The number of thiazole rings is 1. The Hall–Kier alpha value is -2.01. The number of halogens is 1. The van der Waals surface area contributed by atoms with E-state index in [4.69, 9.17) is 0 Å². The maximum Gasteiger partial charge on any atom is 0.265 e. The van der Waals surface area contributed by atoms with Gasteiger partial charge in [-0.25, -0.2) is 9.37 Å². The van der Waals surface area contributed by atoms with E-state index in [2.05, 4.69) is 11.6 Å². The van der Waals surface area contributed by atoms with Gasteiger partial charge in [-0.2, -0.15) is 0 Å². The van der Waals surface area contributed by atoms with Gasteiger partial charge in [0.2, 0.25) is 0 Å². The van der Waals surface area contributed by atoms with Crippen molar-refractivity contribution in [2.75, 3.05) is 13.1 Å². The molecular weight excluding hydrogens is 347 g/mol. The van der Waals surface area contributed by atoms with Gasteiger partial charge in [-0.3, -0.25) is 4.79 Å². The van der Waals surface area contributed by atoms with E-state index < -0.39 is 0 Å². The van der Waals surface area contributed by atoms with Gasteiger partial charge in [0.25, 0.3) is 5.91 Å². The summed E-state index contributed by atoms with van der Waals surface area (Å²) in [5.41, 5.74) is 0.991. The number of amides is 1. The second kappa shape index (κ2) is 9.08. The molecule has 1 aromatic heterocycles. The Balaban J connectivity index is 1.65. The fourth-order valence-electron chi connectivity index (χ4n) is 3.50. The van der Waals surface area contributed by atoms with E-state index in [1.807, 2.05) is 4.90 Å². The summed E-state index contributed by atoms with van der Waals surface area (Å²) in [6, 6.07) is 6.41. The van der Waals surface area contributed by atoms with Gasteiger partial charge in [-0.1, -0.05) is 37.5 Å². The van der Waals surface area contributed by atoms with Crippen molar-refractivity contribution in [1.29, 1.82) is 0 Å². The third-order valence-corrected chi connectivity index (χ3v) is 5.86. The maximum atomic E-state index is 13.0. The Morgan fingerprint density at radius 1 is 1.27 bits per heavy atom. The molecule has 0 unspecified atom stereocenters. The lowest BCUT2D eigenvalue weighted by atomic mass is 9.89. The first-order valence-corrected chi connectivity index (χ1v) is 10.1. The number of carbonyl (C=O) groups excluding carboxylic acids is 1. The number of rotatable bonds is 7. The van der Waals surface area contributed by atoms with E-state index in [0.29, 0.717) is 23.8 Å². The van der Waals surface area contributed by atoms with E-state index in [0.717, 1.165) is 17.1 Å². The van der Waals surface area contributed by atoms with Gasteiger partial charge in [-0.05, 0) is 36.5 Å². The van der Waals surface area contributed by atoms with Crippen molar-refractivity contribution in [3.05, 3.63) is 64.4 Å². The van der Waals surface area contributed by atoms with Gasteiger partial charge in [0.15, 0.2) is 0 Å². The van der Waals surface area contributed by atoms with E-state index in [1.165, 1.54) is 55.6 Å². The third kappa shape index (κ3) is 5.01. The predicted octanol–water partition coefficient (Wildman–Crippen LogP) is 5.08. The molecule has 0 radical (unpaired) electrons. The fraction of sp³-hybridized carbons (Fsp3) is 0.429. The molecule has 1 heterocycles. The normalized spacial score (nSPS) is 15.0. The summed E-state index contributed by atoms with van der Waals surface area (Å²) in [4.78, 5) is 19.9. The molecule has 1 aliphatic carbocycles. The molecule has 1 aromatic carbocycles. The quantitative estimate of drug-likeness (QED) is 0.635. The van der Waals surface area contributed by atoms with Crippen molar-refractivity contribution in [3.63, 3.8) is 0 Å². The van der Waals surface area contributed by atoms with Gasteiger partial charge in [-0.15, -0.1) is 17.9 Å². The second-order valence-electron chi connectivity index (χ2n) is 6.92. The predicted molar refractivity (Wildman–Crippen MR) is 104 cm³/mol. The number of carbonyl (C=O) groups is 1. The van der Waals surface area contributed by atoms with Crippen molar-refractivity contribution in [1.82, 2.24) is 9.88 Å². The number of benzene rings is 1. The van der Waals surface area contributed by atoms with Crippen molar-refractivity contribution in [3.8, 4) is 0 Å². The largest absolute Gasteiger partial charge is 0.334 e. The van der Waals surface area contributed by atoms with Crippen LogP contribution in [0.1, 0.15) is 52.3 Å². The maximum absolute atomic E-state index is 13.0. The van der Waals surface area contributed by atoms with Crippen LogP contribution >= 0.6 is 11.3 Å². The summed E-state index contributed by atoms with van der Waals surface area (Å²) >= 11 is 1.43. The highest BCUT2D eigenvalue weighted by atomic mass is 32.1. The number of aromatic nitrogens is 1. The highest BCUT2D eigenvalue weighted by Crippen LogP contribution is 2.26. The molecule has 0 N–H and O–H groups in total. The highest BCUT2D eigenvalue weighted by Gasteiger charge is 2.22. The molecule has 1 amide bonds. The molecule has 3 nitrogen and oxygen atoms in total. The van der Waals surface area contributed by atoms with Crippen molar-refractivity contribution in [2.24, 2.45) is 5.92 Å². The van der Waals surface area contributed by atoms with Crippen LogP contribution in [0.3, 0.4) is 0 Å². The van der Waals surface area contributed by atoms with Gasteiger partial charge >= 0.3 is 0 Å². The van der Waals surface area contributed by atoms with Crippen LogP contribution in [0.15, 0.2) is 43.1 Å². The molecule has 26 heavy (non-hydrogen) atoms. The summed E-state index contributed by atoms with van der Waals surface area (Å²) in [5.74, 6) is 0.393. The van der Waals surface area contributed by atoms with Crippen LogP contribution in [0.5, 0.6) is 0 Å². The number of hydrogen-bond acceptors (Lipinski definition) is 3. The van der Waals surface area contributed by atoms with Crippen LogP contribution in [0.2, 0.25) is 0 Å². The lowest BCUT2D eigenvalue weighted by Gasteiger charge is -2.28. The Kier molecular flexibility index (Phi) is 6.56. The zero-order valence-corrected chi connectivity index (χ0v) is 15.8. The van der Waals surface area contributed by atoms with E-state index in [9.17, 15) is 9.18 Å². The molecule has 1 aliphatic rings. The summed E-state index contributed by atoms with van der Waals surface area (Å²) in [6.07, 6.45) is 10.3. The smallest absolute Gasteiger partial charge is 0.265 e. The van der Waals surface area contributed by atoms with Crippen LogP contribution in [0.4, 0.5) is 4.39 Å². The molecule has 1 saturated carbocycles. The van der Waals surface area contributed by atoms with E-state index in [-0.39, 0.29) is 11.7 Å². The van der Waals surface area contributed by atoms with E-state index in [1.54, 1.807) is 24.4 Å². The van der Waals surface area contributed by atoms with Gasteiger partial charge in [0, 0.05) is 19.5 Å². The first kappa shape index (κ1) is 18.8. The Labute approximate surface area is 158 Å². The van der Waals surface area contributed by atoms with Crippen molar-refractivity contribution >= 4 is 17.2 Å². The molecule has 0 saturated heterocycles. The van der Waals surface area contributed by atoms with Gasteiger partial charge < -0.3 is 4.90 Å².